The molecule has 7 heteroatoms. The van der Waals surface area contributed by atoms with E-state index < -0.39 is 0 Å². The quantitative estimate of drug-likeness (QED) is 0.403. The summed E-state index contributed by atoms with van der Waals surface area (Å²) in [5, 5.41) is 6.72. The molecule has 0 spiro atoms. The third-order valence-electron chi connectivity index (χ3n) is 5.26. The highest BCUT2D eigenvalue weighted by molar-refractivity contribution is 5.80. The summed E-state index contributed by atoms with van der Waals surface area (Å²) >= 11 is 0. The Morgan fingerprint density at radius 1 is 1.19 bits per heavy atom. The highest BCUT2D eigenvalue weighted by Crippen LogP contribution is 2.33. The van der Waals surface area contributed by atoms with E-state index in [0.717, 1.165) is 38.8 Å². The molecule has 0 atom stereocenters. The van der Waals surface area contributed by atoms with Gasteiger partial charge in [-0.25, -0.2) is 0 Å². The van der Waals surface area contributed by atoms with Crippen LogP contribution in [0.1, 0.15) is 52.4 Å². The molecule has 2 fully saturated rings. The van der Waals surface area contributed by atoms with Crippen molar-refractivity contribution in [3.63, 3.8) is 0 Å². The lowest BCUT2D eigenvalue weighted by atomic mass is 9.80. The maximum Gasteiger partial charge on any atom is 0.307 e. The average molecular weight is 369 g/mol. The molecule has 2 aliphatic rings. The van der Waals surface area contributed by atoms with E-state index in [2.05, 4.69) is 20.5 Å². The van der Waals surface area contributed by atoms with Gasteiger partial charge < -0.3 is 20.1 Å². The van der Waals surface area contributed by atoms with E-state index >= 15 is 0 Å². The van der Waals surface area contributed by atoms with Crippen LogP contribution in [0.3, 0.4) is 0 Å². The SMILES string of the molecule is CN=C(NCCC(=O)OC(C)C)NCC1(N2CCOCC2)CCCCC1. The second-order valence-corrected chi connectivity index (χ2v) is 7.53. The number of carbonyl (C=O) groups excluding carboxylic acids is 1. The second kappa shape index (κ2) is 10.7. The molecule has 0 aromatic carbocycles. The summed E-state index contributed by atoms with van der Waals surface area (Å²) in [6.07, 6.45) is 6.61. The maximum atomic E-state index is 11.6. The van der Waals surface area contributed by atoms with E-state index in [-0.39, 0.29) is 17.6 Å². The van der Waals surface area contributed by atoms with Gasteiger partial charge in [0, 0.05) is 38.8 Å². The van der Waals surface area contributed by atoms with Crippen molar-refractivity contribution in [2.24, 2.45) is 4.99 Å². The Labute approximate surface area is 157 Å². The molecule has 1 aliphatic carbocycles. The predicted molar refractivity (Wildman–Crippen MR) is 103 cm³/mol. The fourth-order valence-electron chi connectivity index (χ4n) is 3.93. The molecule has 1 heterocycles. The number of aliphatic imine (C=N–C) groups is 1. The minimum absolute atomic E-state index is 0.0698. The van der Waals surface area contributed by atoms with Gasteiger partial charge in [0.15, 0.2) is 5.96 Å². The molecule has 150 valence electrons. The van der Waals surface area contributed by atoms with Crippen LogP contribution in [0.4, 0.5) is 0 Å². The van der Waals surface area contributed by atoms with Crippen LogP contribution in [-0.2, 0) is 14.3 Å². The minimum Gasteiger partial charge on any atom is -0.463 e. The number of esters is 1. The molecular formula is C19H36N4O3. The molecule has 0 radical (unpaired) electrons. The number of hydrogen-bond donors (Lipinski definition) is 2. The molecule has 1 saturated heterocycles. The van der Waals surface area contributed by atoms with Crippen molar-refractivity contribution in [2.75, 3.05) is 46.4 Å². The molecule has 1 saturated carbocycles. The predicted octanol–water partition coefficient (Wildman–Crippen LogP) is 1.53. The van der Waals surface area contributed by atoms with Crippen LogP contribution < -0.4 is 10.6 Å². The van der Waals surface area contributed by atoms with E-state index in [0.29, 0.717) is 13.0 Å². The first-order valence-corrected chi connectivity index (χ1v) is 10.0. The van der Waals surface area contributed by atoms with Gasteiger partial charge in [0.25, 0.3) is 0 Å². The zero-order valence-corrected chi connectivity index (χ0v) is 16.7. The summed E-state index contributed by atoms with van der Waals surface area (Å²) in [6, 6.07) is 0. The van der Waals surface area contributed by atoms with Crippen molar-refractivity contribution in [1.82, 2.24) is 15.5 Å². The van der Waals surface area contributed by atoms with Gasteiger partial charge in [-0.2, -0.15) is 0 Å². The Morgan fingerprint density at radius 2 is 1.88 bits per heavy atom. The fourth-order valence-corrected chi connectivity index (χ4v) is 3.93. The Morgan fingerprint density at radius 3 is 2.50 bits per heavy atom. The van der Waals surface area contributed by atoms with Gasteiger partial charge in [0.05, 0.1) is 25.7 Å². The molecule has 26 heavy (non-hydrogen) atoms. The van der Waals surface area contributed by atoms with Crippen LogP contribution in [-0.4, -0.2) is 74.9 Å². The van der Waals surface area contributed by atoms with Crippen molar-refractivity contribution in [1.29, 1.82) is 0 Å². The van der Waals surface area contributed by atoms with E-state index in [1.54, 1.807) is 7.05 Å². The second-order valence-electron chi connectivity index (χ2n) is 7.53. The van der Waals surface area contributed by atoms with Gasteiger partial charge in [-0.05, 0) is 26.7 Å². The smallest absolute Gasteiger partial charge is 0.307 e. The molecule has 1 aliphatic heterocycles. The molecule has 0 bridgehead atoms. The molecule has 7 nitrogen and oxygen atoms in total. The van der Waals surface area contributed by atoms with Crippen LogP contribution >= 0.6 is 0 Å². The van der Waals surface area contributed by atoms with Crippen molar-refractivity contribution >= 4 is 11.9 Å². The summed E-state index contributed by atoms with van der Waals surface area (Å²) in [5.74, 6) is 0.570. The van der Waals surface area contributed by atoms with Crippen LogP contribution in [0.2, 0.25) is 0 Å². The van der Waals surface area contributed by atoms with E-state index in [9.17, 15) is 4.79 Å². The van der Waals surface area contributed by atoms with Crippen LogP contribution in [0.5, 0.6) is 0 Å². The number of ether oxygens (including phenoxy) is 2. The third-order valence-corrected chi connectivity index (χ3v) is 5.26. The van der Waals surface area contributed by atoms with Gasteiger partial charge in [-0.1, -0.05) is 19.3 Å². The number of hydrogen-bond acceptors (Lipinski definition) is 5. The molecule has 2 rings (SSSR count). The lowest BCUT2D eigenvalue weighted by Crippen LogP contribution is -2.60. The number of morpholine rings is 1. The fraction of sp³-hybridized carbons (Fsp3) is 0.895. The molecule has 0 unspecified atom stereocenters. The van der Waals surface area contributed by atoms with Crippen molar-refractivity contribution in [3.8, 4) is 0 Å². The zero-order chi connectivity index (χ0) is 18.8. The summed E-state index contributed by atoms with van der Waals surface area (Å²) in [4.78, 5) is 18.6. The first-order valence-electron chi connectivity index (χ1n) is 10.0. The molecule has 0 aromatic rings. The molecule has 0 amide bonds. The number of nitrogens with zero attached hydrogens (tertiary/aromatic N) is 2. The Hall–Kier alpha value is -1.34. The standard InChI is InChI=1S/C19H36N4O3/c1-16(2)26-17(24)7-10-21-18(20-3)22-15-19(8-5-4-6-9-19)23-11-13-25-14-12-23/h16H,4-15H2,1-3H3,(H2,20,21,22). The lowest BCUT2D eigenvalue weighted by molar-refractivity contribution is -0.147. The van der Waals surface area contributed by atoms with Crippen LogP contribution in [0.15, 0.2) is 4.99 Å². The van der Waals surface area contributed by atoms with Gasteiger partial charge in [0.1, 0.15) is 0 Å². The van der Waals surface area contributed by atoms with Gasteiger partial charge >= 0.3 is 5.97 Å². The van der Waals surface area contributed by atoms with E-state index in [4.69, 9.17) is 9.47 Å². The summed E-state index contributed by atoms with van der Waals surface area (Å²) in [6.45, 7) is 8.80. The lowest BCUT2D eigenvalue weighted by Gasteiger charge is -2.48. The monoisotopic (exact) mass is 368 g/mol. The highest BCUT2D eigenvalue weighted by Gasteiger charge is 2.38. The van der Waals surface area contributed by atoms with E-state index in [1.165, 1.54) is 32.1 Å². The first kappa shape index (κ1) is 21.0. The van der Waals surface area contributed by atoms with Crippen molar-refractivity contribution < 1.29 is 14.3 Å². The average Bonchev–Trinajstić information content (AvgIpc) is 2.65. The normalized spacial score (nSPS) is 21.5. The van der Waals surface area contributed by atoms with Gasteiger partial charge in [0.2, 0.25) is 0 Å². The largest absolute Gasteiger partial charge is 0.463 e. The number of guanidine groups is 1. The highest BCUT2D eigenvalue weighted by atomic mass is 16.5. The Balaban J connectivity index is 1.82. The number of nitrogens with one attached hydrogen (secondary N) is 2. The van der Waals surface area contributed by atoms with Gasteiger partial charge in [-0.15, -0.1) is 0 Å². The van der Waals surface area contributed by atoms with E-state index in [1.807, 2.05) is 13.8 Å². The van der Waals surface area contributed by atoms with Crippen LogP contribution in [0, 0.1) is 0 Å². The third kappa shape index (κ3) is 6.43. The molecule has 0 aromatic heterocycles. The van der Waals surface area contributed by atoms with Gasteiger partial charge in [-0.3, -0.25) is 14.7 Å². The minimum atomic E-state index is -0.181. The zero-order valence-electron chi connectivity index (χ0n) is 16.7. The Bertz CT molecular complexity index is 456. The van der Waals surface area contributed by atoms with Crippen molar-refractivity contribution in [2.45, 2.75) is 64.0 Å². The first-order chi connectivity index (χ1) is 12.6. The maximum absolute atomic E-state index is 11.6. The molecular weight excluding hydrogens is 332 g/mol. The summed E-state index contributed by atoms with van der Waals surface area (Å²) in [7, 11) is 1.77. The van der Waals surface area contributed by atoms with Crippen molar-refractivity contribution in [3.05, 3.63) is 0 Å². The number of carbonyl (C=O) groups is 1. The van der Waals surface area contributed by atoms with Crippen LogP contribution in [0.25, 0.3) is 0 Å². The topological polar surface area (TPSA) is 75.2 Å². The molecule has 2 N–H and O–H groups in total. The summed E-state index contributed by atoms with van der Waals surface area (Å²) < 4.78 is 10.7. The Kier molecular flexibility index (Phi) is 8.65. The number of rotatable bonds is 7. The summed E-state index contributed by atoms with van der Waals surface area (Å²) in [5.41, 5.74) is 0.191.